The monoisotopic (exact) mass is 314 g/mol. The Morgan fingerprint density at radius 3 is 1.90 bits per heavy atom. The summed E-state index contributed by atoms with van der Waals surface area (Å²) in [6.45, 7) is -0.358. The molecule has 0 aliphatic heterocycles. The lowest BCUT2D eigenvalue weighted by Gasteiger charge is -2.32. The highest BCUT2D eigenvalue weighted by atomic mass is 19.4. The molecule has 0 rings (SSSR count). The fourth-order valence-electron chi connectivity index (χ4n) is 1.00. The summed E-state index contributed by atoms with van der Waals surface area (Å²) in [4.78, 5) is 10.5. The molecule has 0 fully saturated rings. The van der Waals surface area contributed by atoms with Crippen LogP contribution in [-0.4, -0.2) is 36.6 Å². The molecule has 118 valence electrons. The molecule has 0 aliphatic carbocycles. The van der Waals surface area contributed by atoms with Crippen molar-refractivity contribution in [2.75, 3.05) is 6.61 Å². The summed E-state index contributed by atoms with van der Waals surface area (Å²) >= 11 is 0. The summed E-state index contributed by atoms with van der Waals surface area (Å²) in [6.07, 6.45) is -4.34. The van der Waals surface area contributed by atoms with Crippen molar-refractivity contribution in [1.82, 2.24) is 0 Å². The third kappa shape index (κ3) is 3.83. The second-order valence-corrected chi connectivity index (χ2v) is 3.86. The molecule has 0 atom stereocenters. The van der Waals surface area contributed by atoms with E-state index in [1.54, 1.807) is 0 Å². The first-order chi connectivity index (χ1) is 8.75. The lowest BCUT2D eigenvalue weighted by molar-refractivity contribution is -0.344. The Bertz CT molecular complexity index is 389. The largest absolute Gasteiger partial charge is 0.492 e. The number of carbonyl (C=O) groups is 1. The van der Waals surface area contributed by atoms with E-state index in [0.29, 0.717) is 6.08 Å². The van der Waals surface area contributed by atoms with Gasteiger partial charge in [0.15, 0.2) is 12.4 Å². The quantitative estimate of drug-likeness (QED) is 0.407. The molecule has 0 saturated heterocycles. The fourth-order valence-corrected chi connectivity index (χ4v) is 1.00. The number of hydrogen-bond donors (Lipinski definition) is 0. The zero-order valence-corrected chi connectivity index (χ0v) is 10.2. The molecule has 20 heavy (non-hydrogen) atoms. The number of alkyl halides is 8. The van der Waals surface area contributed by atoms with Crippen molar-refractivity contribution < 1.29 is 44.7 Å². The van der Waals surface area contributed by atoms with E-state index < -0.39 is 42.3 Å². The van der Waals surface area contributed by atoms with E-state index in [1.165, 1.54) is 0 Å². The van der Waals surface area contributed by atoms with E-state index in [-0.39, 0.29) is 0 Å². The molecular formula is C10H10F8O2. The Labute approximate surface area is 108 Å². The van der Waals surface area contributed by atoms with E-state index in [2.05, 4.69) is 4.74 Å². The van der Waals surface area contributed by atoms with Crippen LogP contribution < -0.4 is 0 Å². The second kappa shape index (κ2) is 5.96. The lowest BCUT2D eigenvalue weighted by Crippen LogP contribution is -2.59. The second-order valence-electron chi connectivity index (χ2n) is 3.86. The van der Waals surface area contributed by atoms with Gasteiger partial charge in [0.25, 0.3) is 0 Å². The molecule has 2 nitrogen and oxygen atoms in total. The molecule has 0 bridgehead atoms. The van der Waals surface area contributed by atoms with Gasteiger partial charge < -0.3 is 4.74 Å². The van der Waals surface area contributed by atoms with Crippen LogP contribution in [0.2, 0.25) is 0 Å². The summed E-state index contributed by atoms with van der Waals surface area (Å²) in [5.41, 5.74) is 0. The zero-order valence-electron chi connectivity index (χ0n) is 10.2. The molecule has 0 aromatic heterocycles. The van der Waals surface area contributed by atoms with Gasteiger partial charge in [-0.2, -0.15) is 26.3 Å². The molecule has 0 saturated carbocycles. The first-order valence-electron chi connectivity index (χ1n) is 4.99. The zero-order chi connectivity index (χ0) is 16.4. The van der Waals surface area contributed by atoms with Gasteiger partial charge >= 0.3 is 24.2 Å². The van der Waals surface area contributed by atoms with Gasteiger partial charge in [0.05, 0.1) is 5.76 Å². The Hall–Kier alpha value is -1.35. The molecule has 10 heteroatoms. The molecule has 0 aliphatic rings. The van der Waals surface area contributed by atoms with Crippen LogP contribution in [-0.2, 0) is 9.53 Å². The van der Waals surface area contributed by atoms with Crippen molar-refractivity contribution in [3.63, 3.8) is 0 Å². The number of ether oxygens (including phenoxy) is 1. The van der Waals surface area contributed by atoms with Crippen molar-refractivity contribution in [2.45, 2.75) is 38.0 Å². The van der Waals surface area contributed by atoms with Crippen molar-refractivity contribution >= 4 is 5.78 Å². The summed E-state index contributed by atoms with van der Waals surface area (Å²) in [6, 6.07) is 0. The maximum Gasteiger partial charge on any atom is 0.381 e. The molecule has 0 heterocycles. The summed E-state index contributed by atoms with van der Waals surface area (Å²) in [5.74, 6) is -19.3. The van der Waals surface area contributed by atoms with Crippen LogP contribution in [0.25, 0.3) is 0 Å². The SMILES string of the molecule is CC(=O)/C=C(\C)OCC(F)(F)C(F)(F)C(F)(F)C(F)F. The summed E-state index contributed by atoms with van der Waals surface area (Å²) in [7, 11) is 0. The Kier molecular flexibility index (Phi) is 5.56. The van der Waals surface area contributed by atoms with E-state index in [1.807, 2.05) is 0 Å². The highest BCUT2D eigenvalue weighted by Gasteiger charge is 2.75. The number of halogens is 8. The van der Waals surface area contributed by atoms with Gasteiger partial charge in [-0.25, -0.2) is 8.78 Å². The van der Waals surface area contributed by atoms with Crippen molar-refractivity contribution in [3.05, 3.63) is 11.8 Å². The van der Waals surface area contributed by atoms with Crippen LogP contribution in [0.5, 0.6) is 0 Å². The minimum atomic E-state index is -6.31. The van der Waals surface area contributed by atoms with Gasteiger partial charge in [-0.1, -0.05) is 0 Å². The molecule has 0 radical (unpaired) electrons. The molecule has 0 amide bonds. The smallest absolute Gasteiger partial charge is 0.381 e. The van der Waals surface area contributed by atoms with Crippen LogP contribution in [0.4, 0.5) is 35.1 Å². The van der Waals surface area contributed by atoms with Crippen LogP contribution in [0.1, 0.15) is 13.8 Å². The van der Waals surface area contributed by atoms with Gasteiger partial charge in [0.2, 0.25) is 0 Å². The minimum absolute atomic E-state index is 0.548. The maximum atomic E-state index is 13.0. The van der Waals surface area contributed by atoms with Crippen LogP contribution >= 0.6 is 0 Å². The number of hydrogen-bond acceptors (Lipinski definition) is 2. The molecule has 0 N–H and O–H groups in total. The first kappa shape index (κ1) is 18.7. The number of allylic oxidation sites excluding steroid dienone is 2. The van der Waals surface area contributed by atoms with Crippen LogP contribution in [0.3, 0.4) is 0 Å². The Balaban J connectivity index is 5.09. The minimum Gasteiger partial charge on any atom is -0.492 e. The first-order valence-corrected chi connectivity index (χ1v) is 4.99. The predicted molar refractivity (Wildman–Crippen MR) is 51.2 cm³/mol. The standard InChI is InChI=1S/C10H10F8O2/c1-5(19)3-6(2)20-4-8(13,14)10(17,18)9(15,16)7(11)12/h3,7H,4H2,1-2H3/b6-3+. The van der Waals surface area contributed by atoms with Crippen molar-refractivity contribution in [1.29, 1.82) is 0 Å². The highest BCUT2D eigenvalue weighted by Crippen LogP contribution is 2.48. The third-order valence-electron chi connectivity index (χ3n) is 2.04. The van der Waals surface area contributed by atoms with Crippen LogP contribution in [0.15, 0.2) is 11.8 Å². The van der Waals surface area contributed by atoms with E-state index in [4.69, 9.17) is 0 Å². The average molecular weight is 314 g/mol. The van der Waals surface area contributed by atoms with E-state index in [9.17, 15) is 39.9 Å². The van der Waals surface area contributed by atoms with Gasteiger partial charge in [-0.05, 0) is 13.8 Å². The van der Waals surface area contributed by atoms with Crippen molar-refractivity contribution in [3.8, 4) is 0 Å². The Morgan fingerprint density at radius 1 is 1.10 bits per heavy atom. The molecule has 0 aromatic rings. The summed E-state index contributed by atoms with van der Waals surface area (Å²) in [5, 5.41) is 0. The number of carbonyl (C=O) groups excluding carboxylic acids is 1. The Morgan fingerprint density at radius 2 is 1.55 bits per heavy atom. The number of ketones is 1. The molecule has 0 spiro atoms. The van der Waals surface area contributed by atoms with Gasteiger partial charge in [0.1, 0.15) is 0 Å². The van der Waals surface area contributed by atoms with Gasteiger partial charge in [0, 0.05) is 6.08 Å². The topological polar surface area (TPSA) is 26.3 Å². The fraction of sp³-hybridized carbons (Fsp3) is 0.700. The van der Waals surface area contributed by atoms with E-state index in [0.717, 1.165) is 13.8 Å². The molecule has 0 unspecified atom stereocenters. The lowest BCUT2D eigenvalue weighted by atomic mass is 10.1. The van der Waals surface area contributed by atoms with Gasteiger partial charge in [-0.15, -0.1) is 0 Å². The van der Waals surface area contributed by atoms with Crippen LogP contribution in [0, 0.1) is 0 Å². The maximum absolute atomic E-state index is 13.0. The normalized spacial score (nSPS) is 14.7. The van der Waals surface area contributed by atoms with E-state index >= 15 is 0 Å². The molecular weight excluding hydrogens is 304 g/mol. The predicted octanol–water partition coefficient (Wildman–Crippen LogP) is 3.67. The number of rotatable bonds is 7. The van der Waals surface area contributed by atoms with Crippen molar-refractivity contribution in [2.24, 2.45) is 0 Å². The average Bonchev–Trinajstić information content (AvgIpc) is 2.24. The molecule has 0 aromatic carbocycles. The van der Waals surface area contributed by atoms with Gasteiger partial charge in [-0.3, -0.25) is 4.79 Å². The summed E-state index contributed by atoms with van der Waals surface area (Å²) < 4.78 is 104. The highest BCUT2D eigenvalue weighted by molar-refractivity contribution is 5.87. The third-order valence-corrected chi connectivity index (χ3v) is 2.04.